The van der Waals surface area contributed by atoms with Crippen LogP contribution in [0.2, 0.25) is 5.02 Å². The molecule has 2 fully saturated rings. The number of halogens is 1. The van der Waals surface area contributed by atoms with Gasteiger partial charge in [0.15, 0.2) is 5.96 Å². The molecule has 2 N–H and O–H groups in total. The molecule has 1 atom stereocenters. The number of aliphatic imine (C=N–C) groups is 1. The van der Waals surface area contributed by atoms with Crippen LogP contribution in [0.3, 0.4) is 0 Å². The molecule has 2 aliphatic rings. The lowest BCUT2D eigenvalue weighted by Gasteiger charge is -2.21. The second kappa shape index (κ2) is 9.59. The Hall–Kier alpha value is -2.12. The monoisotopic (exact) mass is 416 g/mol. The number of likely N-dealkylation sites (tertiary alicyclic amines) is 1. The first kappa shape index (κ1) is 20.2. The van der Waals surface area contributed by atoms with E-state index in [0.717, 1.165) is 30.4 Å². The predicted molar refractivity (Wildman–Crippen MR) is 115 cm³/mol. The Labute approximate surface area is 176 Å². The molecule has 1 aliphatic carbocycles. The van der Waals surface area contributed by atoms with Crippen LogP contribution in [0.4, 0.5) is 0 Å². The van der Waals surface area contributed by atoms with Gasteiger partial charge in [-0.05, 0) is 49.4 Å². The fraction of sp³-hybridized carbons (Fsp3) is 0.571. The summed E-state index contributed by atoms with van der Waals surface area (Å²) in [6.45, 7) is 3.93. The van der Waals surface area contributed by atoms with E-state index in [-0.39, 0.29) is 0 Å². The van der Waals surface area contributed by atoms with E-state index in [1.165, 1.54) is 38.8 Å². The first-order chi connectivity index (χ1) is 14.2. The van der Waals surface area contributed by atoms with Crippen molar-refractivity contribution in [2.45, 2.75) is 44.7 Å². The van der Waals surface area contributed by atoms with E-state index in [0.29, 0.717) is 29.3 Å². The van der Waals surface area contributed by atoms with Crippen molar-refractivity contribution < 1.29 is 4.52 Å². The highest BCUT2D eigenvalue weighted by molar-refractivity contribution is 6.30. The van der Waals surface area contributed by atoms with Gasteiger partial charge >= 0.3 is 0 Å². The van der Waals surface area contributed by atoms with Crippen LogP contribution >= 0.6 is 11.6 Å². The SMILES string of the molecule is CN=C(NCc1nc(-c2ccc(Cl)cc2)no1)NC1CCN(CC2CCCC2)C1. The molecule has 1 aromatic carbocycles. The molecule has 29 heavy (non-hydrogen) atoms. The van der Waals surface area contributed by atoms with Crippen molar-refractivity contribution in [3.05, 3.63) is 35.2 Å². The molecule has 8 heteroatoms. The predicted octanol–water partition coefficient (Wildman–Crippen LogP) is 3.32. The van der Waals surface area contributed by atoms with Crippen molar-refractivity contribution in [3.8, 4) is 11.4 Å². The minimum atomic E-state index is 0.426. The summed E-state index contributed by atoms with van der Waals surface area (Å²) in [6.07, 6.45) is 6.77. The quantitative estimate of drug-likeness (QED) is 0.555. The van der Waals surface area contributed by atoms with Crippen LogP contribution in [0, 0.1) is 5.92 Å². The average molecular weight is 417 g/mol. The van der Waals surface area contributed by atoms with Crippen LogP contribution in [0.5, 0.6) is 0 Å². The zero-order chi connectivity index (χ0) is 20.1. The van der Waals surface area contributed by atoms with Crippen LogP contribution in [-0.4, -0.2) is 53.7 Å². The minimum Gasteiger partial charge on any atom is -0.352 e. The Balaban J connectivity index is 1.24. The maximum absolute atomic E-state index is 5.93. The minimum absolute atomic E-state index is 0.426. The van der Waals surface area contributed by atoms with E-state index >= 15 is 0 Å². The summed E-state index contributed by atoms with van der Waals surface area (Å²) in [5, 5.41) is 11.5. The van der Waals surface area contributed by atoms with Gasteiger partial charge in [0.05, 0.1) is 6.54 Å². The normalized spacial score (nSPS) is 21.0. The summed E-state index contributed by atoms with van der Waals surface area (Å²) < 4.78 is 5.36. The van der Waals surface area contributed by atoms with Crippen molar-refractivity contribution in [2.24, 2.45) is 10.9 Å². The molecule has 1 unspecified atom stereocenters. The van der Waals surface area contributed by atoms with Gasteiger partial charge in [0.2, 0.25) is 11.7 Å². The van der Waals surface area contributed by atoms with Crippen molar-refractivity contribution >= 4 is 17.6 Å². The third kappa shape index (κ3) is 5.48. The smallest absolute Gasteiger partial charge is 0.246 e. The Bertz CT molecular complexity index is 815. The van der Waals surface area contributed by atoms with Gasteiger partial charge in [-0.25, -0.2) is 0 Å². The summed E-state index contributed by atoms with van der Waals surface area (Å²) in [7, 11) is 1.79. The van der Waals surface area contributed by atoms with Crippen molar-refractivity contribution in [2.75, 3.05) is 26.7 Å². The Morgan fingerprint density at radius 2 is 2.03 bits per heavy atom. The lowest BCUT2D eigenvalue weighted by Crippen LogP contribution is -2.44. The van der Waals surface area contributed by atoms with E-state index in [4.69, 9.17) is 16.1 Å². The number of hydrogen-bond donors (Lipinski definition) is 2. The van der Waals surface area contributed by atoms with Gasteiger partial charge in [-0.1, -0.05) is 29.6 Å². The zero-order valence-electron chi connectivity index (χ0n) is 16.9. The molecule has 0 bridgehead atoms. The molecule has 1 aliphatic heterocycles. The Morgan fingerprint density at radius 3 is 2.79 bits per heavy atom. The molecule has 1 aromatic heterocycles. The van der Waals surface area contributed by atoms with Crippen LogP contribution in [0.25, 0.3) is 11.4 Å². The van der Waals surface area contributed by atoms with Gasteiger partial charge < -0.3 is 20.1 Å². The second-order valence-corrected chi connectivity index (χ2v) is 8.42. The topological polar surface area (TPSA) is 78.6 Å². The largest absolute Gasteiger partial charge is 0.352 e. The van der Waals surface area contributed by atoms with Crippen LogP contribution in [0.1, 0.15) is 38.0 Å². The summed E-state index contributed by atoms with van der Waals surface area (Å²) in [4.78, 5) is 11.4. The van der Waals surface area contributed by atoms with Gasteiger partial charge in [0, 0.05) is 43.3 Å². The maximum atomic E-state index is 5.93. The van der Waals surface area contributed by atoms with Gasteiger partial charge in [-0.15, -0.1) is 0 Å². The molecule has 2 heterocycles. The summed E-state index contributed by atoms with van der Waals surface area (Å²) >= 11 is 5.93. The zero-order valence-corrected chi connectivity index (χ0v) is 17.7. The lowest BCUT2D eigenvalue weighted by molar-refractivity contribution is 0.275. The first-order valence-electron chi connectivity index (χ1n) is 10.5. The van der Waals surface area contributed by atoms with E-state index in [1.807, 2.05) is 24.3 Å². The highest BCUT2D eigenvalue weighted by Crippen LogP contribution is 2.26. The molecule has 1 saturated carbocycles. The fourth-order valence-electron chi connectivity index (χ4n) is 4.26. The number of hydrogen-bond acceptors (Lipinski definition) is 5. The lowest BCUT2D eigenvalue weighted by atomic mass is 10.1. The number of nitrogens with zero attached hydrogens (tertiary/aromatic N) is 4. The molecule has 0 spiro atoms. The molecule has 156 valence electrons. The summed E-state index contributed by atoms with van der Waals surface area (Å²) in [6, 6.07) is 7.81. The Kier molecular flexibility index (Phi) is 6.67. The molecule has 1 saturated heterocycles. The summed E-state index contributed by atoms with van der Waals surface area (Å²) in [5.74, 6) is 2.74. The number of aromatic nitrogens is 2. The van der Waals surface area contributed by atoms with Crippen molar-refractivity contribution in [1.82, 2.24) is 25.7 Å². The third-order valence-corrected chi connectivity index (χ3v) is 6.06. The highest BCUT2D eigenvalue weighted by Gasteiger charge is 2.26. The number of guanidine groups is 1. The molecule has 2 aromatic rings. The number of rotatable bonds is 6. The molecule has 7 nitrogen and oxygen atoms in total. The van der Waals surface area contributed by atoms with E-state index in [2.05, 4.69) is 30.7 Å². The molecule has 4 rings (SSSR count). The average Bonchev–Trinajstić information content (AvgIpc) is 3.49. The molecular weight excluding hydrogens is 388 g/mol. The number of benzene rings is 1. The van der Waals surface area contributed by atoms with Gasteiger partial charge in [0.1, 0.15) is 0 Å². The summed E-state index contributed by atoms with van der Waals surface area (Å²) in [5.41, 5.74) is 0.875. The van der Waals surface area contributed by atoms with Crippen LogP contribution < -0.4 is 10.6 Å². The van der Waals surface area contributed by atoms with E-state index in [1.54, 1.807) is 7.05 Å². The molecule has 0 amide bonds. The van der Waals surface area contributed by atoms with Crippen LogP contribution in [0.15, 0.2) is 33.8 Å². The fourth-order valence-corrected chi connectivity index (χ4v) is 4.39. The molecular formula is C21H29ClN6O. The van der Waals surface area contributed by atoms with Crippen molar-refractivity contribution in [1.29, 1.82) is 0 Å². The first-order valence-corrected chi connectivity index (χ1v) is 10.9. The van der Waals surface area contributed by atoms with E-state index < -0.39 is 0 Å². The van der Waals surface area contributed by atoms with Gasteiger partial charge in [0.25, 0.3) is 0 Å². The Morgan fingerprint density at radius 1 is 1.24 bits per heavy atom. The third-order valence-electron chi connectivity index (χ3n) is 5.81. The van der Waals surface area contributed by atoms with Gasteiger partial charge in [-0.3, -0.25) is 4.99 Å². The van der Waals surface area contributed by atoms with Gasteiger partial charge in [-0.2, -0.15) is 4.98 Å². The second-order valence-electron chi connectivity index (χ2n) is 7.98. The standard InChI is InChI=1S/C21H29ClN6O/c1-23-21(25-18-10-11-28(14-18)13-15-4-2-3-5-15)24-12-19-26-20(27-29-19)16-6-8-17(22)9-7-16/h6-9,15,18H,2-5,10-14H2,1H3,(H2,23,24,25). The van der Waals surface area contributed by atoms with Crippen molar-refractivity contribution in [3.63, 3.8) is 0 Å². The van der Waals surface area contributed by atoms with Crippen LogP contribution in [-0.2, 0) is 6.54 Å². The number of nitrogens with one attached hydrogen (secondary N) is 2. The maximum Gasteiger partial charge on any atom is 0.246 e. The molecule has 0 radical (unpaired) electrons. The van der Waals surface area contributed by atoms with E-state index in [9.17, 15) is 0 Å². The highest BCUT2D eigenvalue weighted by atomic mass is 35.5.